The maximum atomic E-state index is 6.24. The van der Waals surface area contributed by atoms with Gasteiger partial charge in [-0.25, -0.2) is 0 Å². The number of hydrogen-bond acceptors (Lipinski definition) is 1. The Morgan fingerprint density at radius 1 is 0.957 bits per heavy atom. The molecule has 0 rings (SSSR count). The van der Waals surface area contributed by atoms with Crippen LogP contribution < -0.4 is 0 Å². The molecule has 23 heavy (non-hydrogen) atoms. The van der Waals surface area contributed by atoms with Gasteiger partial charge in [0.15, 0.2) is 0 Å². The van der Waals surface area contributed by atoms with Crippen LogP contribution in [0.2, 0.25) is 31.4 Å². The zero-order valence-corrected chi connectivity index (χ0v) is 21.6. The molecular formula is C20H42OSiSn. The van der Waals surface area contributed by atoms with Crippen molar-refractivity contribution in [1.82, 2.24) is 0 Å². The molecule has 0 aliphatic heterocycles. The van der Waals surface area contributed by atoms with Crippen molar-refractivity contribution in [2.45, 2.75) is 106 Å². The molecule has 0 radical (unpaired) electrons. The van der Waals surface area contributed by atoms with Gasteiger partial charge in [0.2, 0.25) is 0 Å². The van der Waals surface area contributed by atoms with Crippen LogP contribution in [-0.4, -0.2) is 26.7 Å². The van der Waals surface area contributed by atoms with Crippen LogP contribution in [-0.2, 0) is 4.43 Å². The van der Waals surface area contributed by atoms with Crippen LogP contribution >= 0.6 is 0 Å². The SMILES string of the molecule is CCCC[C](=C=C(C)O[Si](C)(C)C)[Sn]([CH](C)C)([CH](C)C)[CH](C)C. The molecule has 0 aromatic carbocycles. The van der Waals surface area contributed by atoms with Crippen molar-refractivity contribution in [3.63, 3.8) is 0 Å². The topological polar surface area (TPSA) is 9.23 Å². The Kier molecular flexibility index (Phi) is 9.87. The van der Waals surface area contributed by atoms with Crippen molar-refractivity contribution in [1.29, 1.82) is 0 Å². The van der Waals surface area contributed by atoms with Crippen molar-refractivity contribution >= 4 is 26.7 Å². The predicted octanol–water partition coefficient (Wildman–Crippen LogP) is 7.68. The van der Waals surface area contributed by atoms with Crippen molar-refractivity contribution in [2.75, 3.05) is 0 Å². The standard InChI is InChI=1S/C11H21OSi.3C3H7.Sn/c1-6-7-8-9-10-11(2)12-13(3,4)5;3*1-3-2;/h6-8H2,1-5H3;3*3H,1-2H3;. The first kappa shape index (κ1) is 23.3. The number of rotatable bonds is 9. The molecule has 0 aromatic rings. The summed E-state index contributed by atoms with van der Waals surface area (Å²) in [5.41, 5.74) is 3.83. The zero-order valence-electron chi connectivity index (χ0n) is 17.8. The monoisotopic (exact) mass is 446 g/mol. The van der Waals surface area contributed by atoms with Gasteiger partial charge in [-0.1, -0.05) is 0 Å². The van der Waals surface area contributed by atoms with E-state index in [1.165, 1.54) is 19.3 Å². The molecule has 0 bridgehead atoms. The van der Waals surface area contributed by atoms with Crippen LogP contribution in [0.1, 0.15) is 74.7 Å². The second kappa shape index (κ2) is 9.72. The van der Waals surface area contributed by atoms with Crippen LogP contribution in [0, 0.1) is 0 Å². The molecule has 0 aromatic heterocycles. The first-order valence-corrected chi connectivity index (χ1v) is 19.3. The van der Waals surface area contributed by atoms with Gasteiger partial charge in [0.1, 0.15) is 0 Å². The van der Waals surface area contributed by atoms with E-state index in [4.69, 9.17) is 4.43 Å². The molecule has 0 unspecified atom stereocenters. The molecule has 0 fully saturated rings. The summed E-state index contributed by atoms with van der Waals surface area (Å²) < 4.78 is 10.4. The molecule has 0 saturated heterocycles. The summed E-state index contributed by atoms with van der Waals surface area (Å²) in [7, 11) is -1.55. The molecule has 0 N–H and O–H groups in total. The molecule has 0 amide bonds. The van der Waals surface area contributed by atoms with Gasteiger partial charge in [0.25, 0.3) is 0 Å². The number of unbranched alkanes of at least 4 members (excludes halogenated alkanes) is 1. The van der Waals surface area contributed by atoms with Gasteiger partial charge in [-0.2, -0.15) is 0 Å². The first-order chi connectivity index (χ1) is 10.4. The third-order valence-corrected chi connectivity index (χ3v) is 26.3. The Bertz CT molecular complexity index is 402. The second-order valence-electron chi connectivity index (χ2n) is 8.87. The normalized spacial score (nSPS) is 12.8. The van der Waals surface area contributed by atoms with Gasteiger partial charge >= 0.3 is 152 Å². The van der Waals surface area contributed by atoms with Crippen LogP contribution in [0.25, 0.3) is 0 Å². The van der Waals surface area contributed by atoms with Crippen molar-refractivity contribution in [3.8, 4) is 0 Å². The van der Waals surface area contributed by atoms with E-state index >= 15 is 0 Å². The number of allylic oxidation sites excluding steroid dienone is 1. The van der Waals surface area contributed by atoms with Crippen LogP contribution in [0.3, 0.4) is 0 Å². The van der Waals surface area contributed by atoms with E-state index in [0.717, 1.165) is 17.6 Å². The average molecular weight is 445 g/mol. The van der Waals surface area contributed by atoms with E-state index < -0.39 is 26.7 Å². The Morgan fingerprint density at radius 3 is 1.70 bits per heavy atom. The molecule has 3 heteroatoms. The maximum absolute atomic E-state index is 6.24. The number of hydrogen-bond donors (Lipinski definition) is 0. The van der Waals surface area contributed by atoms with Crippen molar-refractivity contribution < 1.29 is 4.43 Å². The zero-order chi connectivity index (χ0) is 18.4. The van der Waals surface area contributed by atoms with Crippen molar-refractivity contribution in [2.24, 2.45) is 0 Å². The molecule has 0 spiro atoms. The summed E-state index contributed by atoms with van der Waals surface area (Å²) >= 11 is -2.54. The fourth-order valence-electron chi connectivity index (χ4n) is 4.48. The Hall–Kier alpha value is 0.336. The van der Waals surface area contributed by atoms with E-state index in [-0.39, 0.29) is 0 Å². The van der Waals surface area contributed by atoms with Crippen LogP contribution in [0.4, 0.5) is 0 Å². The molecular weight excluding hydrogens is 403 g/mol. The van der Waals surface area contributed by atoms with Crippen molar-refractivity contribution in [3.05, 3.63) is 15.1 Å². The fraction of sp³-hybridized carbons (Fsp3) is 0.850. The molecule has 1 nitrogen and oxygen atoms in total. The summed E-state index contributed by atoms with van der Waals surface area (Å²) in [6, 6.07) is 0. The molecule has 0 saturated carbocycles. The van der Waals surface area contributed by atoms with Gasteiger partial charge in [-0.3, -0.25) is 0 Å². The summed E-state index contributed by atoms with van der Waals surface area (Å²) in [4.78, 5) is 0. The minimum absolute atomic E-state index is 0.809. The summed E-state index contributed by atoms with van der Waals surface area (Å²) in [5, 5.41) is 0. The predicted molar refractivity (Wildman–Crippen MR) is 111 cm³/mol. The Labute approximate surface area is 152 Å². The molecule has 136 valence electrons. The van der Waals surface area contributed by atoms with Gasteiger partial charge in [-0.15, -0.1) is 0 Å². The van der Waals surface area contributed by atoms with E-state index in [2.05, 4.69) is 80.8 Å². The average Bonchev–Trinajstić information content (AvgIpc) is 2.32. The molecule has 0 aliphatic rings. The van der Waals surface area contributed by atoms with Crippen LogP contribution in [0.5, 0.6) is 0 Å². The second-order valence-corrected chi connectivity index (χ2v) is 30.2. The van der Waals surface area contributed by atoms with Gasteiger partial charge in [-0.05, 0) is 0 Å². The Morgan fingerprint density at radius 2 is 1.39 bits per heavy atom. The molecule has 0 atom stereocenters. The quantitative estimate of drug-likeness (QED) is 0.201. The molecule has 0 aliphatic carbocycles. The van der Waals surface area contributed by atoms with Gasteiger partial charge < -0.3 is 0 Å². The van der Waals surface area contributed by atoms with E-state index in [1.54, 1.807) is 3.59 Å². The van der Waals surface area contributed by atoms with E-state index in [1.807, 2.05) is 0 Å². The first-order valence-electron chi connectivity index (χ1n) is 9.55. The summed E-state index contributed by atoms with van der Waals surface area (Å²) in [6.45, 7) is 26.0. The third kappa shape index (κ3) is 6.63. The van der Waals surface area contributed by atoms with E-state index in [0.29, 0.717) is 0 Å². The summed E-state index contributed by atoms with van der Waals surface area (Å²) in [6.07, 6.45) is 3.77. The van der Waals surface area contributed by atoms with E-state index in [9.17, 15) is 0 Å². The summed E-state index contributed by atoms with van der Waals surface area (Å²) in [5.74, 6) is 1.04. The Balaban J connectivity index is 6.25. The van der Waals surface area contributed by atoms with Gasteiger partial charge in [0.05, 0.1) is 0 Å². The third-order valence-electron chi connectivity index (χ3n) is 4.96. The van der Waals surface area contributed by atoms with Gasteiger partial charge in [0, 0.05) is 0 Å². The molecule has 0 heterocycles. The van der Waals surface area contributed by atoms with Crippen LogP contribution in [0.15, 0.2) is 15.1 Å². The minimum atomic E-state index is -2.54. The fourth-order valence-corrected chi connectivity index (χ4v) is 25.7.